The molecule has 1 aliphatic rings. The number of hydrazine groups is 1. The van der Waals surface area contributed by atoms with E-state index in [9.17, 15) is 4.79 Å². The number of methoxy groups -OCH3 is 1. The number of nitrogens with one attached hydrogen (secondary N) is 1. The molecule has 1 aliphatic carbocycles. The van der Waals surface area contributed by atoms with Gasteiger partial charge in [-0.05, 0) is 19.8 Å². The van der Waals surface area contributed by atoms with Crippen LogP contribution in [0, 0.1) is 5.92 Å². The fourth-order valence-corrected chi connectivity index (χ4v) is 1.96. The van der Waals surface area contributed by atoms with Crippen LogP contribution in [0.5, 0.6) is 0 Å². The Bertz CT molecular complexity index is 231. The van der Waals surface area contributed by atoms with Gasteiger partial charge < -0.3 is 4.74 Å². The average Bonchev–Trinajstić information content (AvgIpc) is 3.11. The Labute approximate surface area is 97.3 Å². The third kappa shape index (κ3) is 3.43. The Morgan fingerprint density at radius 1 is 1.56 bits per heavy atom. The zero-order chi connectivity index (χ0) is 12.1. The van der Waals surface area contributed by atoms with Crippen molar-refractivity contribution < 1.29 is 9.53 Å². The molecule has 0 bridgehead atoms. The van der Waals surface area contributed by atoms with Crippen molar-refractivity contribution >= 4 is 5.91 Å². The first-order valence-electron chi connectivity index (χ1n) is 5.87. The number of rotatable bonds is 7. The smallest absolute Gasteiger partial charge is 0.238 e. The lowest BCUT2D eigenvalue weighted by atomic mass is 10.0. The Balaban J connectivity index is 2.51. The van der Waals surface area contributed by atoms with Crippen LogP contribution in [0.15, 0.2) is 0 Å². The van der Waals surface area contributed by atoms with Crippen LogP contribution >= 0.6 is 0 Å². The van der Waals surface area contributed by atoms with Crippen molar-refractivity contribution in [2.45, 2.75) is 38.8 Å². The molecule has 0 aliphatic heterocycles. The van der Waals surface area contributed by atoms with Gasteiger partial charge in [0.2, 0.25) is 5.91 Å². The Morgan fingerprint density at radius 3 is 2.62 bits per heavy atom. The molecule has 3 N–H and O–H groups in total. The van der Waals surface area contributed by atoms with Gasteiger partial charge in [-0.15, -0.1) is 0 Å². The molecule has 0 saturated heterocycles. The van der Waals surface area contributed by atoms with Crippen molar-refractivity contribution in [3.8, 4) is 0 Å². The van der Waals surface area contributed by atoms with Crippen molar-refractivity contribution in [2.75, 3.05) is 20.3 Å². The molecule has 2 atom stereocenters. The molecule has 0 heterocycles. The van der Waals surface area contributed by atoms with Crippen molar-refractivity contribution in [3.05, 3.63) is 0 Å². The van der Waals surface area contributed by atoms with Gasteiger partial charge in [0.25, 0.3) is 0 Å². The maximum absolute atomic E-state index is 11.5. The van der Waals surface area contributed by atoms with Crippen LogP contribution in [0.4, 0.5) is 0 Å². The monoisotopic (exact) mass is 229 g/mol. The fraction of sp³-hybridized carbons (Fsp3) is 0.909. The molecule has 0 aromatic rings. The highest BCUT2D eigenvalue weighted by Crippen LogP contribution is 2.30. The minimum Gasteiger partial charge on any atom is -0.383 e. The summed E-state index contributed by atoms with van der Waals surface area (Å²) in [5, 5.41) is 0. The summed E-state index contributed by atoms with van der Waals surface area (Å²) in [7, 11) is 1.70. The second-order valence-electron chi connectivity index (χ2n) is 4.50. The lowest BCUT2D eigenvalue weighted by Crippen LogP contribution is -2.47. The molecular weight excluding hydrogens is 206 g/mol. The number of nitrogens with two attached hydrogens (primary N) is 1. The van der Waals surface area contributed by atoms with E-state index in [1.54, 1.807) is 7.11 Å². The zero-order valence-corrected chi connectivity index (χ0v) is 10.4. The number of hydrogen-bond acceptors (Lipinski definition) is 4. The molecular formula is C11H23N3O2. The lowest BCUT2D eigenvalue weighted by Gasteiger charge is -2.32. The number of amides is 1. The van der Waals surface area contributed by atoms with Gasteiger partial charge in [-0.2, -0.15) is 0 Å². The maximum Gasteiger partial charge on any atom is 0.238 e. The summed E-state index contributed by atoms with van der Waals surface area (Å²) in [5.74, 6) is 4.96. The molecule has 0 spiro atoms. The van der Waals surface area contributed by atoms with Crippen molar-refractivity contribution in [2.24, 2.45) is 11.8 Å². The van der Waals surface area contributed by atoms with Gasteiger partial charge in [-0.3, -0.25) is 15.1 Å². The largest absolute Gasteiger partial charge is 0.383 e. The summed E-state index contributed by atoms with van der Waals surface area (Å²) < 4.78 is 5.10. The SMILES string of the molecule is COCCN(C1CC1)C(C)C(C)C(=O)NN. The first-order chi connectivity index (χ1) is 7.61. The van der Waals surface area contributed by atoms with E-state index in [-0.39, 0.29) is 17.9 Å². The van der Waals surface area contributed by atoms with E-state index in [0.29, 0.717) is 12.6 Å². The van der Waals surface area contributed by atoms with Gasteiger partial charge in [-0.1, -0.05) is 6.92 Å². The second-order valence-corrected chi connectivity index (χ2v) is 4.50. The maximum atomic E-state index is 11.5. The lowest BCUT2D eigenvalue weighted by molar-refractivity contribution is -0.126. The molecule has 16 heavy (non-hydrogen) atoms. The molecule has 5 nitrogen and oxygen atoms in total. The zero-order valence-electron chi connectivity index (χ0n) is 10.4. The third-order valence-electron chi connectivity index (χ3n) is 3.37. The predicted octanol–water partition coefficient (Wildman–Crippen LogP) is 0.112. The summed E-state index contributed by atoms with van der Waals surface area (Å²) >= 11 is 0. The van der Waals surface area contributed by atoms with Crippen molar-refractivity contribution in [1.29, 1.82) is 0 Å². The van der Waals surface area contributed by atoms with E-state index in [1.165, 1.54) is 12.8 Å². The second kappa shape index (κ2) is 6.18. The fourth-order valence-electron chi connectivity index (χ4n) is 1.96. The standard InChI is InChI=1S/C11H23N3O2/c1-8(11(15)13-12)9(2)14(6-7-16-3)10-4-5-10/h8-10H,4-7,12H2,1-3H3,(H,13,15). The highest BCUT2D eigenvalue weighted by molar-refractivity contribution is 5.78. The van der Waals surface area contributed by atoms with E-state index >= 15 is 0 Å². The molecule has 0 aromatic carbocycles. The molecule has 0 aromatic heterocycles. The first kappa shape index (κ1) is 13.4. The van der Waals surface area contributed by atoms with Gasteiger partial charge in [0.15, 0.2) is 0 Å². The predicted molar refractivity (Wildman–Crippen MR) is 62.6 cm³/mol. The van der Waals surface area contributed by atoms with Gasteiger partial charge in [-0.25, -0.2) is 5.84 Å². The van der Waals surface area contributed by atoms with Crippen LogP contribution in [-0.4, -0.2) is 43.2 Å². The summed E-state index contributed by atoms with van der Waals surface area (Å²) in [6.07, 6.45) is 2.45. The van der Waals surface area contributed by atoms with Gasteiger partial charge >= 0.3 is 0 Å². The Hall–Kier alpha value is -0.650. The first-order valence-corrected chi connectivity index (χ1v) is 5.87. The number of hydrogen-bond donors (Lipinski definition) is 2. The molecule has 1 saturated carbocycles. The molecule has 1 fully saturated rings. The number of carbonyl (C=O) groups excluding carboxylic acids is 1. The molecule has 2 unspecified atom stereocenters. The molecule has 5 heteroatoms. The molecule has 1 amide bonds. The summed E-state index contributed by atoms with van der Waals surface area (Å²) in [4.78, 5) is 13.8. The average molecular weight is 229 g/mol. The highest BCUT2D eigenvalue weighted by Gasteiger charge is 2.35. The minimum atomic E-state index is -0.101. The van der Waals surface area contributed by atoms with Crippen LogP contribution in [0.1, 0.15) is 26.7 Å². The van der Waals surface area contributed by atoms with Gasteiger partial charge in [0.1, 0.15) is 0 Å². The van der Waals surface area contributed by atoms with Crippen molar-refractivity contribution in [1.82, 2.24) is 10.3 Å². The molecule has 1 rings (SSSR count). The summed E-state index contributed by atoms with van der Waals surface area (Å²) in [5.41, 5.74) is 2.22. The topological polar surface area (TPSA) is 67.6 Å². The van der Waals surface area contributed by atoms with Crippen molar-refractivity contribution in [3.63, 3.8) is 0 Å². The number of ether oxygens (including phenoxy) is 1. The van der Waals surface area contributed by atoms with E-state index in [0.717, 1.165) is 6.54 Å². The summed E-state index contributed by atoms with van der Waals surface area (Å²) in [6.45, 7) is 5.57. The highest BCUT2D eigenvalue weighted by atomic mass is 16.5. The van der Waals surface area contributed by atoms with E-state index in [1.807, 2.05) is 6.92 Å². The normalized spacial score (nSPS) is 19.6. The van der Waals surface area contributed by atoms with Crippen LogP contribution in [-0.2, 0) is 9.53 Å². The van der Waals surface area contributed by atoms with E-state index in [4.69, 9.17) is 10.6 Å². The van der Waals surface area contributed by atoms with Crippen LogP contribution in [0.2, 0.25) is 0 Å². The van der Waals surface area contributed by atoms with Crippen LogP contribution in [0.3, 0.4) is 0 Å². The number of carbonyl (C=O) groups is 1. The summed E-state index contributed by atoms with van der Waals surface area (Å²) in [6, 6.07) is 0.823. The Morgan fingerprint density at radius 2 is 2.19 bits per heavy atom. The van der Waals surface area contributed by atoms with Crippen LogP contribution < -0.4 is 11.3 Å². The Kier molecular flexibility index (Phi) is 5.18. The van der Waals surface area contributed by atoms with Gasteiger partial charge in [0.05, 0.1) is 12.5 Å². The minimum absolute atomic E-state index is 0.0949. The van der Waals surface area contributed by atoms with E-state index < -0.39 is 0 Å². The molecule has 0 radical (unpaired) electrons. The van der Waals surface area contributed by atoms with E-state index in [2.05, 4.69) is 17.2 Å². The quantitative estimate of drug-likeness (QED) is 0.369. The molecule has 94 valence electrons. The third-order valence-corrected chi connectivity index (χ3v) is 3.37. The van der Waals surface area contributed by atoms with Crippen LogP contribution in [0.25, 0.3) is 0 Å². The number of nitrogens with zero attached hydrogens (tertiary/aromatic N) is 1. The van der Waals surface area contributed by atoms with Gasteiger partial charge in [0, 0.05) is 25.7 Å².